The molecule has 0 saturated carbocycles. The van der Waals surface area contributed by atoms with E-state index in [0.717, 1.165) is 88.6 Å². The Labute approximate surface area is 373 Å². The van der Waals surface area contributed by atoms with Crippen LogP contribution < -0.4 is 9.47 Å². The number of hydrogen-bond acceptors (Lipinski definition) is 8. The number of ether oxygens (including phenoxy) is 2. The fraction of sp³-hybridized carbons (Fsp3) is 0. The maximum Gasteiger partial charge on any atom is 0.178 e. The van der Waals surface area contributed by atoms with Crippen molar-refractivity contribution in [2.75, 3.05) is 0 Å². The Balaban J connectivity index is 0.973. The normalized spacial score (nSPS) is 11.9. The molecule has 12 heteroatoms. The zero-order valence-electron chi connectivity index (χ0n) is 34.7. The van der Waals surface area contributed by atoms with Gasteiger partial charge in [0.15, 0.2) is 22.7 Å². The van der Waals surface area contributed by atoms with Crippen LogP contribution in [0.25, 0.3) is 99.7 Å². The molecule has 14 aromatic rings. The van der Waals surface area contributed by atoms with E-state index in [2.05, 4.69) is 67.9 Å². The van der Waals surface area contributed by atoms with Gasteiger partial charge in [0.2, 0.25) is 0 Å². The molecule has 6 aromatic carbocycles. The molecular weight excluding hydrogens is 825 g/mol. The molecule has 0 unspecified atom stereocenters. The smallest absolute Gasteiger partial charge is 0.178 e. The van der Waals surface area contributed by atoms with Gasteiger partial charge in [0, 0.05) is 93.8 Å². The SMILES string of the molecule is c1ccc(-n2c3cc(Oc4cc(-n5cccn5)cc5c4oc4ccccc45)ccc3c3c2c2ccc(Oc4cc(-n5cccn5)cc5c4oc4ccccc45)cc2n3-c2ccccn2)nc1. The van der Waals surface area contributed by atoms with Crippen molar-refractivity contribution in [3.05, 3.63) is 195 Å². The molecule has 0 atom stereocenters. The first-order valence-corrected chi connectivity index (χ1v) is 21.4. The molecule has 8 aromatic heterocycles. The van der Waals surface area contributed by atoms with Crippen molar-refractivity contribution in [2.24, 2.45) is 0 Å². The summed E-state index contributed by atoms with van der Waals surface area (Å²) in [5, 5.41) is 14.9. The molecule has 0 fully saturated rings. The lowest BCUT2D eigenvalue weighted by Gasteiger charge is -2.12. The van der Waals surface area contributed by atoms with Gasteiger partial charge in [-0.2, -0.15) is 10.2 Å². The molecule has 14 rings (SSSR count). The maximum atomic E-state index is 6.87. The molecule has 0 spiro atoms. The third kappa shape index (κ3) is 5.51. The van der Waals surface area contributed by atoms with E-state index in [1.807, 2.05) is 143 Å². The van der Waals surface area contributed by atoms with E-state index in [0.29, 0.717) is 34.2 Å². The van der Waals surface area contributed by atoms with Crippen molar-refractivity contribution < 1.29 is 18.3 Å². The number of fused-ring (bicyclic) bond motifs is 11. The number of benzene rings is 6. The number of para-hydroxylation sites is 2. The number of pyridine rings is 2. The first kappa shape index (κ1) is 36.1. The first-order chi connectivity index (χ1) is 32.7. The molecule has 12 nitrogen and oxygen atoms in total. The van der Waals surface area contributed by atoms with Gasteiger partial charge in [-0.1, -0.05) is 48.5 Å². The minimum atomic E-state index is 0.570. The number of nitrogens with zero attached hydrogens (tertiary/aromatic N) is 8. The summed E-state index contributed by atoms with van der Waals surface area (Å²) in [7, 11) is 0. The average molecular weight is 857 g/mol. The highest BCUT2D eigenvalue weighted by atomic mass is 16.5. The number of hydrogen-bond donors (Lipinski definition) is 0. The van der Waals surface area contributed by atoms with Crippen LogP contribution in [-0.2, 0) is 0 Å². The topological polar surface area (TPSA) is 116 Å². The second kappa shape index (κ2) is 14.0. The van der Waals surface area contributed by atoms with Gasteiger partial charge >= 0.3 is 0 Å². The third-order valence-corrected chi connectivity index (χ3v) is 12.2. The lowest BCUT2D eigenvalue weighted by atomic mass is 10.1. The summed E-state index contributed by atoms with van der Waals surface area (Å²) in [5.41, 5.74) is 8.26. The third-order valence-electron chi connectivity index (χ3n) is 12.2. The van der Waals surface area contributed by atoms with Gasteiger partial charge < -0.3 is 18.3 Å². The molecule has 66 heavy (non-hydrogen) atoms. The zero-order chi connectivity index (χ0) is 43.3. The van der Waals surface area contributed by atoms with Crippen LogP contribution in [0.1, 0.15) is 0 Å². The van der Waals surface area contributed by atoms with Crippen LogP contribution in [0.3, 0.4) is 0 Å². The largest absolute Gasteiger partial charge is 0.453 e. The van der Waals surface area contributed by atoms with Crippen LogP contribution in [0.5, 0.6) is 23.0 Å². The molecule has 0 aliphatic rings. The average Bonchev–Trinajstić information content (AvgIpc) is 4.24. The van der Waals surface area contributed by atoms with Gasteiger partial charge in [-0.15, -0.1) is 0 Å². The molecule has 0 saturated heterocycles. The van der Waals surface area contributed by atoms with E-state index in [1.54, 1.807) is 12.4 Å². The minimum Gasteiger partial charge on any atom is -0.453 e. The quantitative estimate of drug-likeness (QED) is 0.148. The van der Waals surface area contributed by atoms with Gasteiger partial charge in [-0.3, -0.25) is 9.13 Å². The minimum absolute atomic E-state index is 0.570. The van der Waals surface area contributed by atoms with Crippen molar-refractivity contribution in [3.63, 3.8) is 0 Å². The molecule has 0 aliphatic heterocycles. The number of rotatable bonds is 8. The highest BCUT2D eigenvalue weighted by Gasteiger charge is 2.25. The standard InChI is InChI=1S/C54H32N8O4/c1-3-13-45-37(11-1)41-27-33(59-25-9-23-57-59)29-47(53(41)65-45)63-35-17-19-39-43(31-35)61(49-15-5-7-21-55-49)52-40-20-18-36(32-44(40)62(51(39)52)50-16-6-8-22-56-50)64-48-30-34(60-26-10-24-58-60)28-42-38-12-2-4-14-46(38)66-54(42)48/h1-32H. The summed E-state index contributed by atoms with van der Waals surface area (Å²) < 4.78 is 34.7. The Kier molecular flexibility index (Phi) is 7.68. The Morgan fingerprint density at radius 3 is 1.30 bits per heavy atom. The van der Waals surface area contributed by atoms with E-state index < -0.39 is 0 Å². The summed E-state index contributed by atoms with van der Waals surface area (Å²) in [6.45, 7) is 0. The van der Waals surface area contributed by atoms with E-state index in [9.17, 15) is 0 Å². The molecule has 0 bridgehead atoms. The van der Waals surface area contributed by atoms with Crippen LogP contribution in [0, 0.1) is 0 Å². The maximum absolute atomic E-state index is 6.87. The van der Waals surface area contributed by atoms with Gasteiger partial charge in [-0.25, -0.2) is 19.3 Å². The summed E-state index contributed by atoms with van der Waals surface area (Å²) in [6.07, 6.45) is 11.0. The number of aromatic nitrogens is 8. The molecule has 0 aliphatic carbocycles. The fourth-order valence-corrected chi connectivity index (χ4v) is 9.39. The highest BCUT2D eigenvalue weighted by molar-refractivity contribution is 6.20. The van der Waals surface area contributed by atoms with Crippen LogP contribution in [-0.4, -0.2) is 38.7 Å². The Morgan fingerprint density at radius 2 is 0.864 bits per heavy atom. The second-order valence-electron chi connectivity index (χ2n) is 16.0. The van der Waals surface area contributed by atoms with E-state index >= 15 is 0 Å². The summed E-state index contributed by atoms with van der Waals surface area (Å²) in [5.74, 6) is 3.88. The highest BCUT2D eigenvalue weighted by Crippen LogP contribution is 2.45. The molecular formula is C54H32N8O4. The molecule has 312 valence electrons. The van der Waals surface area contributed by atoms with Gasteiger partial charge in [0.1, 0.15) is 34.3 Å². The Hall–Kier alpha value is -9.42. The number of furan rings is 2. The van der Waals surface area contributed by atoms with Gasteiger partial charge in [0.05, 0.1) is 33.4 Å². The van der Waals surface area contributed by atoms with Crippen molar-refractivity contribution >= 4 is 76.7 Å². The summed E-state index contributed by atoms with van der Waals surface area (Å²) in [4.78, 5) is 9.82. The molecule has 0 N–H and O–H groups in total. The van der Waals surface area contributed by atoms with Crippen molar-refractivity contribution in [3.8, 4) is 46.0 Å². The lowest BCUT2D eigenvalue weighted by molar-refractivity contribution is 0.476. The van der Waals surface area contributed by atoms with Crippen molar-refractivity contribution in [1.82, 2.24) is 38.7 Å². The van der Waals surface area contributed by atoms with Crippen LogP contribution in [0.2, 0.25) is 0 Å². The van der Waals surface area contributed by atoms with Gasteiger partial charge in [0.25, 0.3) is 0 Å². The van der Waals surface area contributed by atoms with Crippen LogP contribution >= 0.6 is 0 Å². The van der Waals surface area contributed by atoms with E-state index in [-0.39, 0.29) is 0 Å². The second-order valence-corrected chi connectivity index (χ2v) is 16.0. The predicted octanol–water partition coefficient (Wildman–Crippen LogP) is 13.3. The fourth-order valence-electron chi connectivity index (χ4n) is 9.39. The summed E-state index contributed by atoms with van der Waals surface area (Å²) >= 11 is 0. The van der Waals surface area contributed by atoms with E-state index in [4.69, 9.17) is 28.3 Å². The van der Waals surface area contributed by atoms with Crippen molar-refractivity contribution in [1.29, 1.82) is 0 Å². The first-order valence-electron chi connectivity index (χ1n) is 21.4. The molecule has 0 amide bonds. The molecule has 8 heterocycles. The van der Waals surface area contributed by atoms with Crippen LogP contribution in [0.4, 0.5) is 0 Å². The Bertz CT molecular complexity index is 3900. The zero-order valence-corrected chi connectivity index (χ0v) is 34.7. The van der Waals surface area contributed by atoms with E-state index in [1.165, 1.54) is 0 Å². The predicted molar refractivity (Wildman–Crippen MR) is 255 cm³/mol. The molecule has 0 radical (unpaired) electrons. The Morgan fingerprint density at radius 1 is 0.394 bits per heavy atom. The monoisotopic (exact) mass is 856 g/mol. The van der Waals surface area contributed by atoms with Gasteiger partial charge in [-0.05, 0) is 84.9 Å². The van der Waals surface area contributed by atoms with Crippen LogP contribution in [0.15, 0.2) is 204 Å². The lowest BCUT2D eigenvalue weighted by Crippen LogP contribution is -1.98. The summed E-state index contributed by atoms with van der Waals surface area (Å²) in [6, 6.07) is 52.2. The van der Waals surface area contributed by atoms with Crippen molar-refractivity contribution in [2.45, 2.75) is 0 Å².